The Hall–Kier alpha value is -0.470. The standard InChI is InChI=1S/C8H7ClFN.ClH/c9-6-3-5-1-2-11-8(5)4-7(6)10;/h3-4,11H,1-2H2;1H. The molecule has 2 rings (SSSR count). The van der Waals surface area contributed by atoms with E-state index in [1.165, 1.54) is 6.07 Å². The largest absolute Gasteiger partial charge is 0.384 e. The molecule has 1 N–H and O–H groups in total. The smallest absolute Gasteiger partial charge is 0.143 e. The van der Waals surface area contributed by atoms with Crippen LogP contribution in [0.5, 0.6) is 0 Å². The fourth-order valence-electron chi connectivity index (χ4n) is 1.29. The fraction of sp³-hybridized carbons (Fsp3) is 0.250. The lowest BCUT2D eigenvalue weighted by molar-refractivity contribution is 0.628. The molecular weight excluding hydrogens is 200 g/mol. The summed E-state index contributed by atoms with van der Waals surface area (Å²) in [5.74, 6) is -0.347. The third-order valence-corrected chi connectivity index (χ3v) is 2.15. The van der Waals surface area contributed by atoms with E-state index in [4.69, 9.17) is 11.6 Å². The van der Waals surface area contributed by atoms with Crippen LogP contribution in [-0.4, -0.2) is 6.54 Å². The molecule has 0 spiro atoms. The van der Waals surface area contributed by atoms with Gasteiger partial charge in [0.25, 0.3) is 0 Å². The number of hydrogen-bond donors (Lipinski definition) is 1. The van der Waals surface area contributed by atoms with E-state index in [1.54, 1.807) is 6.07 Å². The molecule has 0 aromatic heterocycles. The molecule has 0 aliphatic carbocycles. The number of hydrogen-bond acceptors (Lipinski definition) is 1. The first-order chi connectivity index (χ1) is 5.27. The van der Waals surface area contributed by atoms with Crippen molar-refractivity contribution >= 4 is 29.7 Å². The summed E-state index contributed by atoms with van der Waals surface area (Å²) in [6.07, 6.45) is 0.940. The van der Waals surface area contributed by atoms with Gasteiger partial charge in [0.05, 0.1) is 5.02 Å². The van der Waals surface area contributed by atoms with Gasteiger partial charge in [-0.2, -0.15) is 0 Å². The number of anilines is 1. The molecule has 4 heteroatoms. The molecule has 0 fully saturated rings. The summed E-state index contributed by atoms with van der Waals surface area (Å²) in [4.78, 5) is 0. The van der Waals surface area contributed by atoms with Crippen LogP contribution in [0.1, 0.15) is 5.56 Å². The van der Waals surface area contributed by atoms with Gasteiger partial charge in [-0.25, -0.2) is 4.39 Å². The van der Waals surface area contributed by atoms with E-state index in [0.29, 0.717) is 0 Å². The van der Waals surface area contributed by atoms with Crippen LogP contribution in [-0.2, 0) is 6.42 Å². The molecule has 0 saturated carbocycles. The van der Waals surface area contributed by atoms with Crippen molar-refractivity contribution in [2.24, 2.45) is 0 Å². The van der Waals surface area contributed by atoms with Crippen LogP contribution in [0, 0.1) is 5.82 Å². The van der Waals surface area contributed by atoms with Crippen LogP contribution in [0.4, 0.5) is 10.1 Å². The molecule has 0 unspecified atom stereocenters. The van der Waals surface area contributed by atoms with Gasteiger partial charge in [-0.05, 0) is 24.1 Å². The van der Waals surface area contributed by atoms with Crippen molar-refractivity contribution in [1.29, 1.82) is 0 Å². The predicted octanol–water partition coefficient (Wildman–Crippen LogP) is 2.87. The monoisotopic (exact) mass is 207 g/mol. The van der Waals surface area contributed by atoms with E-state index in [0.717, 1.165) is 24.2 Å². The minimum Gasteiger partial charge on any atom is -0.384 e. The van der Waals surface area contributed by atoms with Crippen molar-refractivity contribution in [2.75, 3.05) is 11.9 Å². The average Bonchev–Trinajstić information content (AvgIpc) is 2.36. The van der Waals surface area contributed by atoms with Gasteiger partial charge in [-0.15, -0.1) is 12.4 Å². The Morgan fingerprint density at radius 3 is 2.92 bits per heavy atom. The maximum Gasteiger partial charge on any atom is 0.143 e. The van der Waals surface area contributed by atoms with E-state index in [1.807, 2.05) is 0 Å². The lowest BCUT2D eigenvalue weighted by Crippen LogP contribution is -1.91. The highest BCUT2D eigenvalue weighted by Crippen LogP contribution is 2.27. The SMILES string of the molecule is Cl.Fc1cc2c(cc1Cl)CCN2. The van der Waals surface area contributed by atoms with E-state index in [9.17, 15) is 4.39 Å². The highest BCUT2D eigenvalue weighted by atomic mass is 35.5. The zero-order chi connectivity index (χ0) is 7.84. The van der Waals surface area contributed by atoms with E-state index >= 15 is 0 Å². The maximum absolute atomic E-state index is 12.8. The van der Waals surface area contributed by atoms with Crippen LogP contribution >= 0.6 is 24.0 Å². The maximum atomic E-state index is 12.8. The second-order valence-electron chi connectivity index (χ2n) is 2.60. The molecule has 1 aliphatic rings. The fourth-order valence-corrected chi connectivity index (χ4v) is 1.48. The third-order valence-electron chi connectivity index (χ3n) is 1.86. The van der Waals surface area contributed by atoms with Gasteiger partial charge in [0.1, 0.15) is 5.82 Å². The number of halogens is 3. The molecule has 0 bridgehead atoms. The summed E-state index contributed by atoms with van der Waals surface area (Å²) in [5.41, 5.74) is 1.99. The highest BCUT2D eigenvalue weighted by Gasteiger charge is 2.12. The third kappa shape index (κ3) is 1.50. The van der Waals surface area contributed by atoms with E-state index in [-0.39, 0.29) is 23.2 Å². The number of fused-ring (bicyclic) bond motifs is 1. The highest BCUT2D eigenvalue weighted by molar-refractivity contribution is 6.30. The summed E-state index contributed by atoms with van der Waals surface area (Å²) in [6, 6.07) is 3.14. The zero-order valence-corrected chi connectivity index (χ0v) is 7.81. The van der Waals surface area contributed by atoms with Crippen molar-refractivity contribution in [2.45, 2.75) is 6.42 Å². The lowest BCUT2D eigenvalue weighted by atomic mass is 10.2. The van der Waals surface area contributed by atoms with Crippen LogP contribution in [0.2, 0.25) is 5.02 Å². The second-order valence-corrected chi connectivity index (χ2v) is 3.01. The van der Waals surface area contributed by atoms with Gasteiger partial charge in [-0.3, -0.25) is 0 Å². The number of nitrogens with one attached hydrogen (secondary N) is 1. The Bertz CT molecular complexity index is 272. The Balaban J connectivity index is 0.000000720. The summed E-state index contributed by atoms with van der Waals surface area (Å²) < 4.78 is 12.8. The first-order valence-electron chi connectivity index (χ1n) is 3.49. The van der Waals surface area contributed by atoms with Gasteiger partial charge in [-0.1, -0.05) is 11.6 Å². The Morgan fingerprint density at radius 1 is 1.42 bits per heavy atom. The average molecular weight is 208 g/mol. The molecule has 1 aromatic rings. The first kappa shape index (κ1) is 9.62. The summed E-state index contributed by atoms with van der Waals surface area (Å²) in [7, 11) is 0. The minimum absolute atomic E-state index is 0. The van der Waals surface area contributed by atoms with Crippen LogP contribution < -0.4 is 5.32 Å². The van der Waals surface area contributed by atoms with Crippen molar-refractivity contribution in [3.05, 3.63) is 28.5 Å². The molecular formula is C8H8Cl2FN. The van der Waals surface area contributed by atoms with Crippen LogP contribution in [0.25, 0.3) is 0 Å². The van der Waals surface area contributed by atoms with Crippen molar-refractivity contribution in [3.8, 4) is 0 Å². The zero-order valence-electron chi connectivity index (χ0n) is 6.23. The molecule has 0 saturated heterocycles. The molecule has 12 heavy (non-hydrogen) atoms. The lowest BCUT2D eigenvalue weighted by Gasteiger charge is -2.00. The summed E-state index contributed by atoms with van der Waals surface area (Å²) in [5, 5.41) is 3.28. The van der Waals surface area contributed by atoms with Crippen molar-refractivity contribution in [1.82, 2.24) is 0 Å². The molecule has 0 amide bonds. The van der Waals surface area contributed by atoms with Gasteiger partial charge < -0.3 is 5.32 Å². The molecule has 1 nitrogen and oxygen atoms in total. The molecule has 1 aromatic carbocycles. The van der Waals surface area contributed by atoms with Gasteiger partial charge in [0, 0.05) is 12.2 Å². The Kier molecular flexibility index (Phi) is 2.80. The predicted molar refractivity (Wildman–Crippen MR) is 50.9 cm³/mol. The topological polar surface area (TPSA) is 12.0 Å². The van der Waals surface area contributed by atoms with Gasteiger partial charge in [0.15, 0.2) is 0 Å². The summed E-state index contributed by atoms with van der Waals surface area (Å²) in [6.45, 7) is 0.884. The Morgan fingerprint density at radius 2 is 2.17 bits per heavy atom. The van der Waals surface area contributed by atoms with Crippen molar-refractivity contribution in [3.63, 3.8) is 0 Å². The van der Waals surface area contributed by atoms with E-state index < -0.39 is 0 Å². The molecule has 1 heterocycles. The number of benzene rings is 1. The van der Waals surface area contributed by atoms with Gasteiger partial charge >= 0.3 is 0 Å². The van der Waals surface area contributed by atoms with Crippen molar-refractivity contribution < 1.29 is 4.39 Å². The quantitative estimate of drug-likeness (QED) is 0.691. The molecule has 1 aliphatic heterocycles. The normalized spacial score (nSPS) is 13.2. The molecule has 66 valence electrons. The summed E-state index contributed by atoms with van der Waals surface area (Å²) >= 11 is 5.59. The van der Waals surface area contributed by atoms with Crippen LogP contribution in [0.3, 0.4) is 0 Å². The number of rotatable bonds is 0. The molecule has 0 radical (unpaired) electrons. The van der Waals surface area contributed by atoms with Crippen LogP contribution in [0.15, 0.2) is 12.1 Å². The minimum atomic E-state index is -0.347. The molecule has 0 atom stereocenters. The second kappa shape index (κ2) is 3.50. The Labute approximate surface area is 81.3 Å². The first-order valence-corrected chi connectivity index (χ1v) is 3.87. The van der Waals surface area contributed by atoms with E-state index in [2.05, 4.69) is 5.32 Å². The van der Waals surface area contributed by atoms with Gasteiger partial charge in [0.2, 0.25) is 0 Å².